The zero-order valence-corrected chi connectivity index (χ0v) is 18.4. The van der Waals surface area contributed by atoms with E-state index in [9.17, 15) is 19.2 Å². The van der Waals surface area contributed by atoms with Crippen molar-refractivity contribution in [3.63, 3.8) is 0 Å². The minimum atomic E-state index is -0.924. The van der Waals surface area contributed by atoms with Gasteiger partial charge in [0.1, 0.15) is 23.5 Å². The molecule has 0 aliphatic carbocycles. The summed E-state index contributed by atoms with van der Waals surface area (Å²) in [5.74, 6) is -1.66. The number of amides is 2. The van der Waals surface area contributed by atoms with Crippen LogP contribution in [0.25, 0.3) is 0 Å². The lowest BCUT2D eigenvalue weighted by atomic mass is 9.96. The summed E-state index contributed by atoms with van der Waals surface area (Å²) < 4.78 is 4.10. The van der Waals surface area contributed by atoms with Gasteiger partial charge in [0.25, 0.3) is 0 Å². The molecule has 0 aromatic carbocycles. The Morgan fingerprint density at radius 1 is 1.10 bits per heavy atom. The maximum absolute atomic E-state index is 11.9. The number of thioether (sulfide) groups is 2. The van der Waals surface area contributed by atoms with Gasteiger partial charge < -0.3 is 25.4 Å². The van der Waals surface area contributed by atoms with E-state index in [0.717, 1.165) is 0 Å². The Morgan fingerprint density at radius 3 is 2.20 bits per heavy atom. The van der Waals surface area contributed by atoms with Gasteiger partial charge >= 0.3 is 18.4 Å². The van der Waals surface area contributed by atoms with Crippen molar-refractivity contribution < 1.29 is 38.8 Å². The van der Waals surface area contributed by atoms with E-state index >= 15 is 0 Å². The topological polar surface area (TPSA) is 155 Å². The van der Waals surface area contributed by atoms with Gasteiger partial charge in [0.05, 0.1) is 11.8 Å². The van der Waals surface area contributed by atoms with Gasteiger partial charge in [-0.1, -0.05) is 0 Å². The van der Waals surface area contributed by atoms with Crippen LogP contribution >= 0.6 is 23.5 Å². The van der Waals surface area contributed by atoms with Gasteiger partial charge in [-0.2, -0.15) is 9.78 Å². The summed E-state index contributed by atoms with van der Waals surface area (Å²) >= 11 is 3.09. The van der Waals surface area contributed by atoms with E-state index in [-0.39, 0.29) is 27.3 Å². The van der Waals surface area contributed by atoms with Crippen molar-refractivity contribution in [2.45, 2.75) is 79.0 Å². The molecule has 5 fully saturated rings. The number of carboxylic acids is 1. The van der Waals surface area contributed by atoms with E-state index in [1.165, 1.54) is 21.6 Å². The molecule has 5 aliphatic rings. The number of esters is 1. The molecule has 166 valence electrons. The Hall–Kier alpha value is -1.54. The van der Waals surface area contributed by atoms with E-state index in [1.807, 2.05) is 27.7 Å². The molecular formula is C17H23N3O8S2. The molecule has 5 aliphatic heterocycles. The second-order valence-electron chi connectivity index (χ2n) is 8.63. The molecule has 30 heavy (non-hydrogen) atoms. The monoisotopic (exact) mass is 461 g/mol. The Morgan fingerprint density at radius 2 is 1.70 bits per heavy atom. The number of hydrogen-bond donors (Lipinski definition) is 2. The van der Waals surface area contributed by atoms with Crippen LogP contribution in [0, 0.1) is 0 Å². The second-order valence-corrected chi connectivity index (χ2v) is 12.2. The highest BCUT2D eigenvalue weighted by atomic mass is 32.2. The van der Waals surface area contributed by atoms with Crippen LogP contribution in [-0.4, -0.2) is 83.5 Å². The number of aliphatic carboxylic acids is 1. The summed E-state index contributed by atoms with van der Waals surface area (Å²) in [5, 5.41) is 8.94. The maximum Gasteiger partial charge on any atom is 0.373 e. The molecule has 2 amide bonds. The van der Waals surface area contributed by atoms with Crippen LogP contribution in [-0.2, 0) is 33.7 Å². The summed E-state index contributed by atoms with van der Waals surface area (Å²) in [6, 6.07) is -1.81. The Bertz CT molecular complexity index is 817. The average Bonchev–Trinajstić information content (AvgIpc) is 3.35. The van der Waals surface area contributed by atoms with Crippen LogP contribution in [0.1, 0.15) is 34.1 Å². The number of hydrogen-bond acceptors (Lipinski definition) is 10. The molecule has 5 rings (SSSR count). The Balaban J connectivity index is 0.000000151. The predicted octanol–water partition coefficient (Wildman–Crippen LogP) is -0.312. The van der Waals surface area contributed by atoms with E-state index < -0.39 is 41.3 Å². The highest BCUT2D eigenvalue weighted by Gasteiger charge is 2.63. The summed E-state index contributed by atoms with van der Waals surface area (Å²) in [6.07, 6.45) is 0.498. The van der Waals surface area contributed by atoms with Gasteiger partial charge in [-0.15, -0.1) is 23.5 Å². The fraction of sp³-hybridized carbons (Fsp3) is 0.765. The number of fused-ring (bicyclic) bond motifs is 2. The lowest BCUT2D eigenvalue weighted by Crippen LogP contribution is -2.68. The van der Waals surface area contributed by atoms with Crippen molar-refractivity contribution in [2.24, 2.45) is 5.73 Å². The molecular weight excluding hydrogens is 438 g/mol. The number of ether oxygens (including phenoxy) is 1. The first-order chi connectivity index (χ1) is 13.8. The highest BCUT2D eigenvalue weighted by molar-refractivity contribution is 8.02. The summed E-state index contributed by atoms with van der Waals surface area (Å²) in [4.78, 5) is 57.4. The molecule has 0 unspecified atom stereocenters. The Labute approximate surface area is 180 Å². The van der Waals surface area contributed by atoms with Crippen molar-refractivity contribution in [1.29, 1.82) is 0 Å². The fourth-order valence-electron chi connectivity index (χ4n) is 4.22. The van der Waals surface area contributed by atoms with Crippen molar-refractivity contribution in [1.82, 2.24) is 9.80 Å². The largest absolute Gasteiger partial charge is 0.480 e. The molecule has 0 saturated carbocycles. The van der Waals surface area contributed by atoms with Crippen LogP contribution in [0.3, 0.4) is 0 Å². The molecule has 0 aromatic heterocycles. The smallest absolute Gasteiger partial charge is 0.373 e. The number of β-lactam (4-membered cyclic amide) rings is 2. The van der Waals surface area contributed by atoms with Crippen LogP contribution in [0.2, 0.25) is 0 Å². The first kappa shape index (κ1) is 21.7. The van der Waals surface area contributed by atoms with Crippen LogP contribution < -0.4 is 5.73 Å². The maximum atomic E-state index is 11.9. The summed E-state index contributed by atoms with van der Waals surface area (Å²) in [5.41, 5.74) is 5.69. The van der Waals surface area contributed by atoms with Crippen molar-refractivity contribution >= 4 is 47.3 Å². The van der Waals surface area contributed by atoms with Gasteiger partial charge in [0, 0.05) is 9.49 Å². The quantitative estimate of drug-likeness (QED) is 0.246. The van der Waals surface area contributed by atoms with Gasteiger partial charge in [-0.3, -0.25) is 9.59 Å². The first-order valence-electron chi connectivity index (χ1n) is 9.35. The third kappa shape index (κ3) is 3.36. The van der Waals surface area contributed by atoms with Crippen molar-refractivity contribution in [3.05, 3.63) is 0 Å². The van der Waals surface area contributed by atoms with E-state index in [2.05, 4.69) is 9.78 Å². The minimum absolute atomic E-state index is 0.0320. The van der Waals surface area contributed by atoms with Gasteiger partial charge in [0.2, 0.25) is 11.8 Å². The molecule has 0 bridgehead atoms. The first-order valence-corrected chi connectivity index (χ1v) is 11.1. The van der Waals surface area contributed by atoms with Crippen LogP contribution in [0.5, 0.6) is 0 Å². The molecule has 3 N–H and O–H groups in total. The lowest BCUT2D eigenvalue weighted by molar-refractivity contribution is -0.166. The number of carbonyl (C=O) groups excluding carboxylic acids is 3. The van der Waals surface area contributed by atoms with E-state index in [4.69, 9.17) is 15.6 Å². The molecule has 5 heterocycles. The molecule has 0 radical (unpaired) electrons. The van der Waals surface area contributed by atoms with E-state index in [0.29, 0.717) is 6.42 Å². The number of carbonyl (C=O) groups is 4. The lowest BCUT2D eigenvalue weighted by Gasteiger charge is -2.41. The third-order valence-electron chi connectivity index (χ3n) is 5.65. The number of rotatable bonds is 3. The van der Waals surface area contributed by atoms with Crippen molar-refractivity contribution in [2.75, 3.05) is 0 Å². The third-order valence-corrected chi connectivity index (χ3v) is 8.74. The summed E-state index contributed by atoms with van der Waals surface area (Å²) in [7, 11) is 0. The van der Waals surface area contributed by atoms with Gasteiger partial charge in [-0.05, 0) is 27.7 Å². The van der Waals surface area contributed by atoms with Crippen molar-refractivity contribution in [3.8, 4) is 0 Å². The SMILES string of the molecule is CC1(C)S[C@@H]2CC(=O)N2[C@H]1C(=O)O.CC1(C)S[C@@H]2[C@H](N)C(=O)N2[C@H]1C(=O)OC1OO1. The Kier molecular flexibility index (Phi) is 5.05. The second kappa shape index (κ2) is 6.99. The average molecular weight is 462 g/mol. The number of nitrogens with two attached hydrogens (primary N) is 1. The standard InChI is InChI=1S/C9H12N2O5S.C8H11NO3S/c1-9(2)4(7(13)14-8-15-16-8)11-5(12)3(10)6(11)17-9;1-8(2)6(7(11)12)9-4(10)3-5(9)13-8/h3-4,6,8H,10H2,1-2H3;5-6H,3H2,1-2H3,(H,11,12)/t3-,4+,6-;5-,6+/m11/s1. The molecule has 11 nitrogen and oxygen atoms in total. The predicted molar refractivity (Wildman–Crippen MR) is 104 cm³/mol. The van der Waals surface area contributed by atoms with Crippen LogP contribution in [0.4, 0.5) is 0 Å². The molecule has 0 aromatic rings. The van der Waals surface area contributed by atoms with Gasteiger partial charge in [0.15, 0.2) is 0 Å². The van der Waals surface area contributed by atoms with Gasteiger partial charge in [-0.25, -0.2) is 9.59 Å². The number of carboxylic acid groups (broad SMARTS) is 1. The van der Waals surface area contributed by atoms with Crippen LogP contribution in [0.15, 0.2) is 0 Å². The zero-order chi connectivity index (χ0) is 22.2. The minimum Gasteiger partial charge on any atom is -0.480 e. The van der Waals surface area contributed by atoms with E-state index in [1.54, 1.807) is 11.8 Å². The molecule has 5 atom stereocenters. The fourth-order valence-corrected chi connectivity index (χ4v) is 7.41. The highest BCUT2D eigenvalue weighted by Crippen LogP contribution is 2.51. The number of nitrogens with zero attached hydrogens (tertiary/aromatic N) is 2. The normalized spacial score (nSPS) is 37.3. The summed E-state index contributed by atoms with van der Waals surface area (Å²) in [6.45, 7) is 6.60. The molecule has 13 heteroatoms. The molecule has 5 saturated heterocycles. The molecule has 0 spiro atoms. The zero-order valence-electron chi connectivity index (χ0n) is 16.8.